The second kappa shape index (κ2) is 5.48. The molecule has 1 aliphatic rings. The third-order valence-electron chi connectivity index (χ3n) is 2.80. The Morgan fingerprint density at radius 1 is 1.47 bits per heavy atom. The van der Waals surface area contributed by atoms with Crippen LogP contribution in [0.25, 0.3) is 0 Å². The molecule has 1 saturated carbocycles. The summed E-state index contributed by atoms with van der Waals surface area (Å²) in [6.07, 6.45) is 5.22. The molecule has 0 radical (unpaired) electrons. The molecule has 0 aromatic carbocycles. The number of hydrogen-bond donors (Lipinski definition) is 2. The Morgan fingerprint density at radius 2 is 2.07 bits per heavy atom. The summed E-state index contributed by atoms with van der Waals surface area (Å²) in [6, 6.07) is 0. The first-order valence-electron chi connectivity index (χ1n) is 5.28. The standard InChI is InChI=1S/C10H17N3O2/c1-2-7-3-5-8(6-4-7)12-13-10(15)9(11)14/h7H,2-6H2,1H3,(H2,11,14)(H,13,15). The normalized spacial score (nSPS) is 20.9. The van der Waals surface area contributed by atoms with Crippen LogP contribution in [0.3, 0.4) is 0 Å². The predicted molar refractivity (Wildman–Crippen MR) is 57.0 cm³/mol. The van der Waals surface area contributed by atoms with E-state index in [4.69, 9.17) is 5.73 Å². The van der Waals surface area contributed by atoms with Gasteiger partial charge < -0.3 is 5.73 Å². The van der Waals surface area contributed by atoms with Crippen molar-refractivity contribution in [1.82, 2.24) is 5.43 Å². The summed E-state index contributed by atoms with van der Waals surface area (Å²) in [5.74, 6) is -1.07. The average Bonchev–Trinajstić information content (AvgIpc) is 2.26. The number of carbonyl (C=O) groups is 2. The van der Waals surface area contributed by atoms with Gasteiger partial charge in [0.2, 0.25) is 0 Å². The molecule has 0 heterocycles. The van der Waals surface area contributed by atoms with Gasteiger partial charge in [0.15, 0.2) is 0 Å². The van der Waals surface area contributed by atoms with Gasteiger partial charge in [-0.2, -0.15) is 5.10 Å². The minimum absolute atomic E-state index is 0.774. The number of nitrogens with one attached hydrogen (secondary N) is 1. The quantitative estimate of drug-likeness (QED) is 0.516. The fraction of sp³-hybridized carbons (Fsp3) is 0.700. The molecular weight excluding hydrogens is 194 g/mol. The molecule has 2 amide bonds. The van der Waals surface area contributed by atoms with E-state index in [1.165, 1.54) is 6.42 Å². The molecule has 5 heteroatoms. The van der Waals surface area contributed by atoms with Crippen molar-refractivity contribution >= 4 is 17.5 Å². The summed E-state index contributed by atoms with van der Waals surface area (Å²) in [5, 5.41) is 3.89. The molecule has 0 spiro atoms. The van der Waals surface area contributed by atoms with Crippen LogP contribution in [0.5, 0.6) is 0 Å². The molecule has 0 saturated heterocycles. The maximum absolute atomic E-state index is 10.8. The van der Waals surface area contributed by atoms with Crippen molar-refractivity contribution in [2.75, 3.05) is 0 Å². The van der Waals surface area contributed by atoms with Crippen molar-refractivity contribution in [3.63, 3.8) is 0 Å². The number of hydrogen-bond acceptors (Lipinski definition) is 3. The molecule has 0 aromatic heterocycles. The summed E-state index contributed by atoms with van der Waals surface area (Å²) in [5.41, 5.74) is 7.89. The molecule has 84 valence electrons. The van der Waals surface area contributed by atoms with E-state index in [2.05, 4.69) is 17.5 Å². The summed E-state index contributed by atoms with van der Waals surface area (Å²) < 4.78 is 0. The number of primary amides is 1. The summed E-state index contributed by atoms with van der Waals surface area (Å²) >= 11 is 0. The fourth-order valence-corrected chi connectivity index (χ4v) is 1.72. The predicted octanol–water partition coefficient (Wildman–Crippen LogP) is 0.544. The average molecular weight is 211 g/mol. The molecule has 0 aromatic rings. The van der Waals surface area contributed by atoms with E-state index < -0.39 is 11.8 Å². The van der Waals surface area contributed by atoms with Gasteiger partial charge in [0, 0.05) is 5.71 Å². The highest BCUT2D eigenvalue weighted by Crippen LogP contribution is 2.24. The van der Waals surface area contributed by atoms with Gasteiger partial charge >= 0.3 is 11.8 Å². The lowest BCUT2D eigenvalue weighted by Crippen LogP contribution is -2.33. The number of hydrazone groups is 1. The third-order valence-corrected chi connectivity index (χ3v) is 2.80. The smallest absolute Gasteiger partial charge is 0.329 e. The molecule has 1 fully saturated rings. The molecule has 1 aliphatic carbocycles. The number of nitrogens with two attached hydrogens (primary N) is 1. The van der Waals surface area contributed by atoms with Gasteiger partial charge in [-0.15, -0.1) is 0 Å². The zero-order valence-corrected chi connectivity index (χ0v) is 8.95. The van der Waals surface area contributed by atoms with Crippen LogP contribution in [0, 0.1) is 5.92 Å². The Morgan fingerprint density at radius 3 is 2.53 bits per heavy atom. The van der Waals surface area contributed by atoms with Gasteiger partial charge in [-0.1, -0.05) is 13.3 Å². The molecule has 0 aliphatic heterocycles. The first kappa shape index (κ1) is 11.7. The number of carbonyl (C=O) groups excluding carboxylic acids is 2. The van der Waals surface area contributed by atoms with Crippen LogP contribution in [-0.4, -0.2) is 17.5 Å². The van der Waals surface area contributed by atoms with Crippen molar-refractivity contribution < 1.29 is 9.59 Å². The van der Waals surface area contributed by atoms with Gasteiger partial charge in [-0.3, -0.25) is 9.59 Å². The van der Waals surface area contributed by atoms with Crippen LogP contribution >= 0.6 is 0 Å². The van der Waals surface area contributed by atoms with Crippen molar-refractivity contribution in [2.45, 2.75) is 39.0 Å². The van der Waals surface area contributed by atoms with Gasteiger partial charge in [-0.25, -0.2) is 5.43 Å². The molecule has 5 nitrogen and oxygen atoms in total. The lowest BCUT2D eigenvalue weighted by Gasteiger charge is -2.21. The minimum atomic E-state index is -0.999. The molecule has 15 heavy (non-hydrogen) atoms. The zero-order valence-electron chi connectivity index (χ0n) is 8.95. The van der Waals surface area contributed by atoms with Crippen molar-refractivity contribution in [1.29, 1.82) is 0 Å². The molecule has 1 rings (SSSR count). The largest absolute Gasteiger partial charge is 0.361 e. The van der Waals surface area contributed by atoms with Crippen LogP contribution in [0.2, 0.25) is 0 Å². The van der Waals surface area contributed by atoms with E-state index >= 15 is 0 Å². The topological polar surface area (TPSA) is 84.6 Å². The SMILES string of the molecule is CCC1CCC(=NNC(=O)C(N)=O)CC1. The van der Waals surface area contributed by atoms with Crippen LogP contribution < -0.4 is 11.2 Å². The monoisotopic (exact) mass is 211 g/mol. The second-order valence-electron chi connectivity index (χ2n) is 3.83. The second-order valence-corrected chi connectivity index (χ2v) is 3.83. The maximum Gasteiger partial charge on any atom is 0.329 e. The van der Waals surface area contributed by atoms with Crippen LogP contribution in [0.1, 0.15) is 39.0 Å². The van der Waals surface area contributed by atoms with Crippen molar-refractivity contribution in [2.24, 2.45) is 16.8 Å². The fourth-order valence-electron chi connectivity index (χ4n) is 1.72. The first-order chi connectivity index (χ1) is 7.13. The Balaban J connectivity index is 2.36. The van der Waals surface area contributed by atoms with Gasteiger partial charge in [0.1, 0.15) is 0 Å². The lowest BCUT2D eigenvalue weighted by atomic mass is 9.86. The summed E-state index contributed by atoms with van der Waals surface area (Å²) in [6.45, 7) is 2.18. The Bertz CT molecular complexity index is 276. The number of amides is 2. The van der Waals surface area contributed by atoms with Gasteiger partial charge in [0.25, 0.3) is 0 Å². The third kappa shape index (κ3) is 3.69. The molecule has 0 bridgehead atoms. The highest BCUT2D eigenvalue weighted by atomic mass is 16.2. The molecule has 3 N–H and O–H groups in total. The molecule has 0 atom stereocenters. The van der Waals surface area contributed by atoms with Crippen LogP contribution in [0.4, 0.5) is 0 Å². The van der Waals surface area contributed by atoms with Crippen molar-refractivity contribution in [3.05, 3.63) is 0 Å². The lowest BCUT2D eigenvalue weighted by molar-refractivity contribution is -0.137. The minimum Gasteiger partial charge on any atom is -0.361 e. The first-order valence-corrected chi connectivity index (χ1v) is 5.28. The van der Waals surface area contributed by atoms with E-state index in [1.807, 2.05) is 0 Å². The number of nitrogens with zero attached hydrogens (tertiary/aromatic N) is 1. The van der Waals surface area contributed by atoms with E-state index in [-0.39, 0.29) is 0 Å². The summed E-state index contributed by atoms with van der Waals surface area (Å²) in [7, 11) is 0. The van der Waals surface area contributed by atoms with Crippen molar-refractivity contribution in [3.8, 4) is 0 Å². The highest BCUT2D eigenvalue weighted by Gasteiger charge is 2.16. The molecule has 0 unspecified atom stereocenters. The van der Waals surface area contributed by atoms with E-state index in [0.717, 1.165) is 37.3 Å². The maximum atomic E-state index is 10.8. The zero-order chi connectivity index (χ0) is 11.3. The highest BCUT2D eigenvalue weighted by molar-refractivity contribution is 6.34. The van der Waals surface area contributed by atoms with Gasteiger partial charge in [-0.05, 0) is 31.6 Å². The number of rotatable bonds is 2. The Labute approximate surface area is 89.1 Å². The summed E-state index contributed by atoms with van der Waals surface area (Å²) in [4.78, 5) is 21.2. The Hall–Kier alpha value is -1.39. The Kier molecular flexibility index (Phi) is 4.27. The van der Waals surface area contributed by atoms with E-state index in [9.17, 15) is 9.59 Å². The van der Waals surface area contributed by atoms with Gasteiger partial charge in [0.05, 0.1) is 0 Å². The van der Waals surface area contributed by atoms with Crippen LogP contribution in [0.15, 0.2) is 5.10 Å². The molecular formula is C10H17N3O2. The van der Waals surface area contributed by atoms with E-state index in [1.54, 1.807) is 0 Å². The van der Waals surface area contributed by atoms with Crippen LogP contribution in [-0.2, 0) is 9.59 Å². The van der Waals surface area contributed by atoms with E-state index in [0.29, 0.717) is 0 Å².